The molecule has 0 radical (unpaired) electrons. The number of morpholine rings is 1. The molecule has 1 saturated heterocycles. The maximum absolute atomic E-state index is 10.6. The van der Waals surface area contributed by atoms with Crippen LogP contribution in [0.1, 0.15) is 25.0 Å². The molecule has 108 valence electrons. The number of aliphatic carboxylic acids is 1. The van der Waals surface area contributed by atoms with Crippen LogP contribution in [0.15, 0.2) is 30.3 Å². The van der Waals surface area contributed by atoms with E-state index in [1.807, 2.05) is 24.3 Å². The highest BCUT2D eigenvalue weighted by atomic mass is 16.5. The van der Waals surface area contributed by atoms with E-state index < -0.39 is 5.97 Å². The van der Waals surface area contributed by atoms with Gasteiger partial charge in [-0.25, -0.2) is 4.79 Å². The second kappa shape index (κ2) is 6.20. The molecular formula is C16H21NO3. The molecule has 1 heterocycles. The Morgan fingerprint density at radius 3 is 2.90 bits per heavy atom. The molecule has 0 bridgehead atoms. The Morgan fingerprint density at radius 1 is 1.45 bits per heavy atom. The van der Waals surface area contributed by atoms with Crippen molar-refractivity contribution in [3.63, 3.8) is 0 Å². The van der Waals surface area contributed by atoms with Gasteiger partial charge in [0.05, 0.1) is 12.2 Å². The van der Waals surface area contributed by atoms with Gasteiger partial charge in [-0.2, -0.15) is 0 Å². The van der Waals surface area contributed by atoms with Gasteiger partial charge in [0.15, 0.2) is 0 Å². The summed E-state index contributed by atoms with van der Waals surface area (Å²) in [6, 6.07) is 7.90. The number of rotatable bonds is 4. The van der Waals surface area contributed by atoms with Crippen molar-refractivity contribution in [1.82, 2.24) is 4.90 Å². The summed E-state index contributed by atoms with van der Waals surface area (Å²) in [7, 11) is 0. The molecule has 0 atom stereocenters. The van der Waals surface area contributed by atoms with Gasteiger partial charge in [0.1, 0.15) is 0 Å². The Kier molecular flexibility index (Phi) is 4.57. The van der Waals surface area contributed by atoms with Gasteiger partial charge in [0.2, 0.25) is 0 Å². The minimum Gasteiger partial charge on any atom is -0.478 e. The van der Waals surface area contributed by atoms with E-state index in [-0.39, 0.29) is 5.60 Å². The van der Waals surface area contributed by atoms with Gasteiger partial charge >= 0.3 is 5.97 Å². The number of carboxylic acid groups (broad SMARTS) is 1. The molecule has 0 spiro atoms. The first kappa shape index (κ1) is 14.8. The third kappa shape index (κ3) is 4.18. The molecule has 1 aliphatic heterocycles. The van der Waals surface area contributed by atoms with E-state index in [2.05, 4.69) is 18.7 Å². The van der Waals surface area contributed by atoms with Gasteiger partial charge in [-0.3, -0.25) is 4.90 Å². The van der Waals surface area contributed by atoms with Crippen molar-refractivity contribution in [1.29, 1.82) is 0 Å². The second-order valence-corrected chi connectivity index (χ2v) is 5.69. The van der Waals surface area contributed by atoms with E-state index in [1.165, 1.54) is 6.08 Å². The topological polar surface area (TPSA) is 49.8 Å². The fourth-order valence-corrected chi connectivity index (χ4v) is 2.49. The fraction of sp³-hybridized carbons (Fsp3) is 0.438. The lowest BCUT2D eigenvalue weighted by Crippen LogP contribution is -2.47. The van der Waals surface area contributed by atoms with Gasteiger partial charge in [0, 0.05) is 25.7 Å². The van der Waals surface area contributed by atoms with Crippen LogP contribution in [0.3, 0.4) is 0 Å². The number of carbonyl (C=O) groups is 1. The van der Waals surface area contributed by atoms with E-state index >= 15 is 0 Å². The molecule has 0 amide bonds. The van der Waals surface area contributed by atoms with Crippen LogP contribution in [-0.4, -0.2) is 41.3 Å². The van der Waals surface area contributed by atoms with Gasteiger partial charge in [-0.05, 0) is 31.1 Å². The Hall–Kier alpha value is -1.65. The van der Waals surface area contributed by atoms with Gasteiger partial charge < -0.3 is 9.84 Å². The van der Waals surface area contributed by atoms with Gasteiger partial charge in [0.25, 0.3) is 0 Å². The van der Waals surface area contributed by atoms with Crippen LogP contribution in [0.4, 0.5) is 0 Å². The SMILES string of the molecule is CC1(C)CN(Cc2ccccc2C=CC(=O)O)CCO1. The van der Waals surface area contributed by atoms with Crippen molar-refractivity contribution >= 4 is 12.0 Å². The summed E-state index contributed by atoms with van der Waals surface area (Å²) in [6.45, 7) is 7.52. The molecule has 0 unspecified atom stereocenters. The zero-order chi connectivity index (χ0) is 14.6. The summed E-state index contributed by atoms with van der Waals surface area (Å²) in [5, 5.41) is 8.74. The zero-order valence-corrected chi connectivity index (χ0v) is 12.0. The Labute approximate surface area is 119 Å². The van der Waals surface area contributed by atoms with Crippen LogP contribution in [0.25, 0.3) is 6.08 Å². The number of benzene rings is 1. The van der Waals surface area contributed by atoms with Crippen molar-refractivity contribution in [2.75, 3.05) is 19.7 Å². The van der Waals surface area contributed by atoms with E-state index in [0.717, 1.165) is 37.4 Å². The standard InChI is InChI=1S/C16H21NO3/c1-16(2)12-17(9-10-20-16)11-14-6-4-3-5-13(14)7-8-15(18)19/h3-8H,9-12H2,1-2H3,(H,18,19). The van der Waals surface area contributed by atoms with E-state index in [4.69, 9.17) is 9.84 Å². The Balaban J connectivity index is 2.11. The summed E-state index contributed by atoms with van der Waals surface area (Å²) in [6.07, 6.45) is 2.84. The number of hydrogen-bond acceptors (Lipinski definition) is 3. The van der Waals surface area contributed by atoms with Crippen LogP contribution in [0, 0.1) is 0 Å². The average Bonchev–Trinajstić information content (AvgIpc) is 2.36. The van der Waals surface area contributed by atoms with Crippen LogP contribution in [0.5, 0.6) is 0 Å². The molecule has 1 aromatic carbocycles. The van der Waals surface area contributed by atoms with Crippen molar-refractivity contribution < 1.29 is 14.6 Å². The second-order valence-electron chi connectivity index (χ2n) is 5.69. The molecule has 4 nitrogen and oxygen atoms in total. The molecule has 0 saturated carbocycles. The molecule has 1 aliphatic rings. The first-order valence-corrected chi connectivity index (χ1v) is 6.81. The summed E-state index contributed by atoms with van der Waals surface area (Å²) >= 11 is 0. The Morgan fingerprint density at radius 2 is 2.20 bits per heavy atom. The monoisotopic (exact) mass is 275 g/mol. The molecular weight excluding hydrogens is 254 g/mol. The minimum atomic E-state index is -0.924. The fourth-order valence-electron chi connectivity index (χ4n) is 2.49. The highest BCUT2D eigenvalue weighted by Gasteiger charge is 2.27. The third-order valence-electron chi connectivity index (χ3n) is 3.36. The van der Waals surface area contributed by atoms with E-state index in [1.54, 1.807) is 6.08 Å². The maximum Gasteiger partial charge on any atom is 0.328 e. The van der Waals surface area contributed by atoms with Crippen molar-refractivity contribution in [3.05, 3.63) is 41.5 Å². The normalized spacial score (nSPS) is 19.3. The van der Waals surface area contributed by atoms with E-state index in [0.29, 0.717) is 0 Å². The molecule has 4 heteroatoms. The number of ether oxygens (including phenoxy) is 1. The maximum atomic E-state index is 10.6. The van der Waals surface area contributed by atoms with E-state index in [9.17, 15) is 4.79 Å². The first-order valence-electron chi connectivity index (χ1n) is 6.81. The van der Waals surface area contributed by atoms with Crippen LogP contribution < -0.4 is 0 Å². The Bertz CT molecular complexity index is 508. The minimum absolute atomic E-state index is 0.121. The van der Waals surface area contributed by atoms with Crippen molar-refractivity contribution in [2.45, 2.75) is 26.0 Å². The first-order chi connectivity index (χ1) is 9.46. The number of nitrogens with zero attached hydrogens (tertiary/aromatic N) is 1. The van der Waals surface area contributed by atoms with Crippen molar-refractivity contribution in [3.8, 4) is 0 Å². The number of carboxylic acids is 1. The molecule has 1 aromatic rings. The molecule has 1 fully saturated rings. The summed E-state index contributed by atoms with van der Waals surface area (Å²) in [5.74, 6) is -0.924. The molecule has 1 N–H and O–H groups in total. The largest absolute Gasteiger partial charge is 0.478 e. The highest BCUT2D eigenvalue weighted by Crippen LogP contribution is 2.20. The predicted molar refractivity (Wildman–Crippen MR) is 78.4 cm³/mol. The molecule has 0 aromatic heterocycles. The summed E-state index contributed by atoms with van der Waals surface area (Å²) < 4.78 is 5.71. The van der Waals surface area contributed by atoms with Crippen molar-refractivity contribution in [2.24, 2.45) is 0 Å². The summed E-state index contributed by atoms with van der Waals surface area (Å²) in [4.78, 5) is 13.0. The van der Waals surface area contributed by atoms with Crippen LogP contribution in [-0.2, 0) is 16.1 Å². The molecule has 2 rings (SSSR count). The quantitative estimate of drug-likeness (QED) is 0.857. The third-order valence-corrected chi connectivity index (χ3v) is 3.36. The van der Waals surface area contributed by atoms with Crippen LogP contribution >= 0.6 is 0 Å². The van der Waals surface area contributed by atoms with Gasteiger partial charge in [-0.1, -0.05) is 24.3 Å². The van der Waals surface area contributed by atoms with Crippen LogP contribution in [0.2, 0.25) is 0 Å². The van der Waals surface area contributed by atoms with Gasteiger partial charge in [-0.15, -0.1) is 0 Å². The average molecular weight is 275 g/mol. The zero-order valence-electron chi connectivity index (χ0n) is 12.0. The predicted octanol–water partition coefficient (Wildman–Crippen LogP) is 2.40. The smallest absolute Gasteiger partial charge is 0.328 e. The lowest BCUT2D eigenvalue weighted by Gasteiger charge is -2.38. The molecule has 0 aliphatic carbocycles. The number of hydrogen-bond donors (Lipinski definition) is 1. The highest BCUT2D eigenvalue weighted by molar-refractivity contribution is 5.85. The summed E-state index contributed by atoms with van der Waals surface area (Å²) in [5.41, 5.74) is 1.98. The lowest BCUT2D eigenvalue weighted by molar-refractivity contribution is -0.131. The molecule has 20 heavy (non-hydrogen) atoms. The lowest BCUT2D eigenvalue weighted by atomic mass is 10.0.